The molecular formula is C15H22O2. The van der Waals surface area contributed by atoms with Crippen LogP contribution in [0.15, 0.2) is 24.3 Å². The van der Waals surface area contributed by atoms with Gasteiger partial charge in [0.2, 0.25) is 0 Å². The average Bonchev–Trinajstić information content (AvgIpc) is 2.37. The van der Waals surface area contributed by atoms with Crippen LogP contribution in [0, 0.1) is 0 Å². The minimum atomic E-state index is -0.547. The predicted molar refractivity (Wildman–Crippen MR) is 68.9 cm³/mol. The maximum Gasteiger partial charge on any atom is 0.0799 e. The highest BCUT2D eigenvalue weighted by atomic mass is 16.3. The molecule has 2 heteroatoms. The standard InChI is InChI=1S/C15H22O2/c16-14-6-2-1-4-12-8-10-13(11-9-12)5-3-7-15(14)17/h8-11,14-17H,1-7H2. The predicted octanol–water partition coefficient (Wildman–Crippen LogP) is 2.46. The van der Waals surface area contributed by atoms with E-state index in [2.05, 4.69) is 24.3 Å². The first kappa shape index (κ1) is 12.6. The topological polar surface area (TPSA) is 40.5 Å². The number of aliphatic hydroxyl groups is 2. The molecule has 2 aliphatic carbocycles. The lowest BCUT2D eigenvalue weighted by molar-refractivity contribution is 0.00765. The number of hydrogen-bond acceptors (Lipinski definition) is 2. The average molecular weight is 234 g/mol. The Hall–Kier alpha value is -0.860. The van der Waals surface area contributed by atoms with Gasteiger partial charge in [-0.15, -0.1) is 0 Å². The van der Waals surface area contributed by atoms with Gasteiger partial charge in [0, 0.05) is 0 Å². The van der Waals surface area contributed by atoms with Crippen LogP contribution < -0.4 is 0 Å². The summed E-state index contributed by atoms with van der Waals surface area (Å²) in [5, 5.41) is 19.6. The molecule has 0 saturated carbocycles. The first-order valence-electron chi connectivity index (χ1n) is 6.69. The third-order valence-corrected chi connectivity index (χ3v) is 3.65. The molecule has 94 valence electrons. The molecule has 1 aromatic rings. The van der Waals surface area contributed by atoms with Crippen LogP contribution in [0.2, 0.25) is 0 Å². The number of benzene rings is 1. The lowest BCUT2D eigenvalue weighted by Gasteiger charge is -2.17. The Labute approximate surface area is 103 Å². The minimum Gasteiger partial charge on any atom is -0.390 e. The molecule has 2 unspecified atom stereocenters. The number of fused-ring (bicyclic) bond motifs is 10. The van der Waals surface area contributed by atoms with Crippen LogP contribution in [-0.2, 0) is 12.8 Å². The highest BCUT2D eigenvalue weighted by Crippen LogP contribution is 2.16. The Balaban J connectivity index is 2.01. The van der Waals surface area contributed by atoms with Crippen molar-refractivity contribution in [2.24, 2.45) is 0 Å². The van der Waals surface area contributed by atoms with Crippen molar-refractivity contribution in [1.29, 1.82) is 0 Å². The van der Waals surface area contributed by atoms with Gasteiger partial charge in [0.15, 0.2) is 0 Å². The van der Waals surface area contributed by atoms with E-state index >= 15 is 0 Å². The summed E-state index contributed by atoms with van der Waals surface area (Å²) in [6.07, 6.45) is 5.41. The summed E-state index contributed by atoms with van der Waals surface area (Å²) in [7, 11) is 0. The van der Waals surface area contributed by atoms with E-state index in [0.717, 1.165) is 38.5 Å². The number of hydrogen-bond donors (Lipinski definition) is 2. The van der Waals surface area contributed by atoms with Crippen LogP contribution in [0.1, 0.15) is 43.2 Å². The molecule has 2 atom stereocenters. The Morgan fingerprint density at radius 2 is 1.18 bits per heavy atom. The van der Waals surface area contributed by atoms with Crippen molar-refractivity contribution in [3.05, 3.63) is 35.4 Å². The molecule has 2 N–H and O–H groups in total. The van der Waals surface area contributed by atoms with Gasteiger partial charge >= 0.3 is 0 Å². The molecule has 2 aliphatic rings. The fraction of sp³-hybridized carbons (Fsp3) is 0.600. The van der Waals surface area contributed by atoms with Crippen LogP contribution in [0.5, 0.6) is 0 Å². The molecule has 2 bridgehead atoms. The van der Waals surface area contributed by atoms with E-state index in [1.54, 1.807) is 0 Å². The van der Waals surface area contributed by atoms with Crippen LogP contribution in [0.25, 0.3) is 0 Å². The Morgan fingerprint density at radius 1 is 0.706 bits per heavy atom. The van der Waals surface area contributed by atoms with Gasteiger partial charge in [-0.25, -0.2) is 0 Å². The lowest BCUT2D eigenvalue weighted by Crippen LogP contribution is -2.25. The summed E-state index contributed by atoms with van der Waals surface area (Å²) in [5.41, 5.74) is 2.71. The molecule has 0 spiro atoms. The summed E-state index contributed by atoms with van der Waals surface area (Å²) in [6, 6.07) is 8.80. The van der Waals surface area contributed by atoms with Crippen molar-refractivity contribution in [2.75, 3.05) is 0 Å². The molecule has 0 heterocycles. The largest absolute Gasteiger partial charge is 0.390 e. The first-order valence-corrected chi connectivity index (χ1v) is 6.69. The van der Waals surface area contributed by atoms with E-state index in [1.807, 2.05) is 0 Å². The zero-order chi connectivity index (χ0) is 12.1. The normalized spacial score (nSPS) is 26.9. The molecule has 0 aliphatic heterocycles. The van der Waals surface area contributed by atoms with Crippen molar-refractivity contribution in [1.82, 2.24) is 0 Å². The molecule has 0 aromatic heterocycles. The molecule has 0 fully saturated rings. The molecule has 1 aromatic carbocycles. The smallest absolute Gasteiger partial charge is 0.0799 e. The maximum absolute atomic E-state index is 9.80. The van der Waals surface area contributed by atoms with Gasteiger partial charge in [0.05, 0.1) is 12.2 Å². The fourth-order valence-corrected chi connectivity index (χ4v) is 2.46. The van der Waals surface area contributed by atoms with Gasteiger partial charge in [-0.05, 0) is 49.7 Å². The van der Waals surface area contributed by atoms with Gasteiger partial charge in [-0.3, -0.25) is 0 Å². The Kier molecular flexibility index (Phi) is 4.57. The maximum atomic E-state index is 9.80. The zero-order valence-electron chi connectivity index (χ0n) is 10.3. The Bertz CT molecular complexity index is 331. The van der Waals surface area contributed by atoms with E-state index in [1.165, 1.54) is 11.1 Å². The van der Waals surface area contributed by atoms with Crippen molar-refractivity contribution in [3.8, 4) is 0 Å². The molecule has 2 nitrogen and oxygen atoms in total. The summed E-state index contributed by atoms with van der Waals surface area (Å²) in [5.74, 6) is 0. The monoisotopic (exact) mass is 234 g/mol. The number of aryl methyl sites for hydroxylation is 2. The second-order valence-corrected chi connectivity index (χ2v) is 5.09. The Morgan fingerprint density at radius 3 is 1.76 bits per heavy atom. The highest BCUT2D eigenvalue weighted by molar-refractivity contribution is 5.22. The molecular weight excluding hydrogens is 212 g/mol. The third kappa shape index (κ3) is 3.83. The summed E-state index contributed by atoms with van der Waals surface area (Å²) in [6.45, 7) is 0. The second-order valence-electron chi connectivity index (χ2n) is 5.09. The molecule has 0 radical (unpaired) electrons. The van der Waals surface area contributed by atoms with Gasteiger partial charge in [-0.1, -0.05) is 30.7 Å². The van der Waals surface area contributed by atoms with Crippen LogP contribution in [0.4, 0.5) is 0 Å². The quantitative estimate of drug-likeness (QED) is 0.724. The zero-order valence-corrected chi connectivity index (χ0v) is 10.3. The SMILES string of the molecule is OC1CCCCc2ccc(cc2)CCCC1O. The lowest BCUT2D eigenvalue weighted by atomic mass is 10.0. The summed E-state index contributed by atoms with van der Waals surface area (Å²) >= 11 is 0. The molecule has 0 saturated heterocycles. The van der Waals surface area contributed by atoms with E-state index < -0.39 is 12.2 Å². The number of aliphatic hydroxyl groups excluding tert-OH is 2. The first-order chi connectivity index (χ1) is 8.25. The van der Waals surface area contributed by atoms with E-state index in [0.29, 0.717) is 6.42 Å². The van der Waals surface area contributed by atoms with Crippen LogP contribution >= 0.6 is 0 Å². The molecule has 0 amide bonds. The third-order valence-electron chi connectivity index (χ3n) is 3.65. The van der Waals surface area contributed by atoms with Crippen molar-refractivity contribution in [2.45, 2.75) is 57.2 Å². The highest BCUT2D eigenvalue weighted by Gasteiger charge is 2.15. The van der Waals surface area contributed by atoms with Crippen molar-refractivity contribution in [3.63, 3.8) is 0 Å². The van der Waals surface area contributed by atoms with Crippen LogP contribution in [0.3, 0.4) is 0 Å². The van der Waals surface area contributed by atoms with Gasteiger partial charge in [0.1, 0.15) is 0 Å². The van der Waals surface area contributed by atoms with Gasteiger partial charge in [-0.2, -0.15) is 0 Å². The number of rotatable bonds is 0. The van der Waals surface area contributed by atoms with Gasteiger partial charge < -0.3 is 10.2 Å². The molecule has 3 rings (SSSR count). The van der Waals surface area contributed by atoms with E-state index in [4.69, 9.17) is 0 Å². The van der Waals surface area contributed by atoms with Crippen LogP contribution in [-0.4, -0.2) is 22.4 Å². The fourth-order valence-electron chi connectivity index (χ4n) is 2.46. The van der Waals surface area contributed by atoms with E-state index in [9.17, 15) is 10.2 Å². The van der Waals surface area contributed by atoms with Crippen molar-refractivity contribution >= 4 is 0 Å². The minimum absolute atomic E-state index is 0.538. The van der Waals surface area contributed by atoms with Crippen molar-refractivity contribution < 1.29 is 10.2 Å². The van der Waals surface area contributed by atoms with Gasteiger partial charge in [0.25, 0.3) is 0 Å². The summed E-state index contributed by atoms with van der Waals surface area (Å²) in [4.78, 5) is 0. The second kappa shape index (κ2) is 6.18. The molecule has 17 heavy (non-hydrogen) atoms. The van der Waals surface area contributed by atoms with E-state index in [-0.39, 0.29) is 0 Å². The summed E-state index contributed by atoms with van der Waals surface area (Å²) < 4.78 is 0.